The molecule has 2 aromatic rings. The Morgan fingerprint density at radius 1 is 0.952 bits per heavy atom. The van der Waals surface area contributed by atoms with Crippen LogP contribution in [0, 0.1) is 0 Å². The van der Waals surface area contributed by atoms with Crippen molar-refractivity contribution in [3.63, 3.8) is 0 Å². The highest BCUT2D eigenvalue weighted by Crippen LogP contribution is 2.31. The van der Waals surface area contributed by atoms with Gasteiger partial charge in [-0.15, -0.1) is 0 Å². The Bertz CT molecular complexity index is 597. The largest absolute Gasteiger partial charge is 0.416 e. The smallest absolute Gasteiger partial charge is 0.303 e. The number of carbonyl (C=O) groups is 1. The Morgan fingerprint density at radius 2 is 1.43 bits per heavy atom. The Kier molecular flexibility index (Phi) is 4.46. The molecule has 0 fully saturated rings. The Balaban J connectivity index is 2.25. The van der Waals surface area contributed by atoms with E-state index in [9.17, 15) is 18.0 Å². The highest BCUT2D eigenvalue weighted by atomic mass is 19.4. The standard InChI is InChI=1S/C17H15F3O/c1-2-12(11-21)13-3-5-14(6-4-13)15-7-9-16(10-8-15)17(18,19)20/h3-12H,2H2,1H3/t12-/m0/s1. The SMILES string of the molecule is CC[C@@H](C=O)c1ccc(-c2ccc(C(F)(F)F)cc2)cc1. The molecule has 2 rings (SSSR count). The second kappa shape index (κ2) is 6.12. The van der Waals surface area contributed by atoms with Gasteiger partial charge in [-0.1, -0.05) is 43.3 Å². The van der Waals surface area contributed by atoms with Crippen LogP contribution >= 0.6 is 0 Å². The van der Waals surface area contributed by atoms with E-state index < -0.39 is 11.7 Å². The van der Waals surface area contributed by atoms with Crippen LogP contribution in [-0.4, -0.2) is 6.29 Å². The lowest BCUT2D eigenvalue weighted by molar-refractivity contribution is -0.137. The molecule has 0 aliphatic heterocycles. The minimum absolute atomic E-state index is 0.133. The zero-order chi connectivity index (χ0) is 15.5. The molecule has 0 saturated carbocycles. The van der Waals surface area contributed by atoms with Gasteiger partial charge in [-0.2, -0.15) is 13.2 Å². The van der Waals surface area contributed by atoms with Gasteiger partial charge < -0.3 is 4.79 Å². The minimum atomic E-state index is -4.32. The van der Waals surface area contributed by atoms with Gasteiger partial charge in [-0.05, 0) is 35.2 Å². The molecule has 0 saturated heterocycles. The van der Waals surface area contributed by atoms with Crippen molar-refractivity contribution < 1.29 is 18.0 Å². The molecule has 2 aromatic carbocycles. The summed E-state index contributed by atoms with van der Waals surface area (Å²) < 4.78 is 37.5. The summed E-state index contributed by atoms with van der Waals surface area (Å²) in [5.74, 6) is -0.133. The van der Waals surface area contributed by atoms with Gasteiger partial charge in [-0.3, -0.25) is 0 Å². The monoisotopic (exact) mass is 292 g/mol. The summed E-state index contributed by atoms with van der Waals surface area (Å²) in [6, 6.07) is 12.4. The van der Waals surface area contributed by atoms with E-state index in [1.807, 2.05) is 31.2 Å². The lowest BCUT2D eigenvalue weighted by atomic mass is 9.95. The molecule has 0 spiro atoms. The lowest BCUT2D eigenvalue weighted by Crippen LogP contribution is -2.04. The number of aldehydes is 1. The summed E-state index contributed by atoms with van der Waals surface area (Å²) in [5, 5.41) is 0. The fourth-order valence-electron chi connectivity index (χ4n) is 2.18. The average Bonchev–Trinajstić information content (AvgIpc) is 2.48. The summed E-state index contributed by atoms with van der Waals surface area (Å²) in [7, 11) is 0. The van der Waals surface area contributed by atoms with E-state index in [4.69, 9.17) is 0 Å². The van der Waals surface area contributed by atoms with E-state index >= 15 is 0 Å². The molecule has 0 aliphatic carbocycles. The molecular formula is C17H15F3O. The van der Waals surface area contributed by atoms with Gasteiger partial charge in [0.25, 0.3) is 0 Å². The number of hydrogen-bond donors (Lipinski definition) is 0. The first kappa shape index (κ1) is 15.3. The van der Waals surface area contributed by atoms with E-state index in [-0.39, 0.29) is 5.92 Å². The Morgan fingerprint density at radius 3 is 1.81 bits per heavy atom. The van der Waals surface area contributed by atoms with Gasteiger partial charge in [0.15, 0.2) is 0 Å². The third-order valence-electron chi connectivity index (χ3n) is 3.49. The molecule has 1 nitrogen and oxygen atoms in total. The van der Waals surface area contributed by atoms with Gasteiger partial charge in [0.05, 0.1) is 5.56 Å². The number of carbonyl (C=O) groups excluding carboxylic acids is 1. The summed E-state index contributed by atoms with van der Waals surface area (Å²) in [4.78, 5) is 10.9. The van der Waals surface area contributed by atoms with Gasteiger partial charge >= 0.3 is 6.18 Å². The summed E-state index contributed by atoms with van der Waals surface area (Å²) >= 11 is 0. The van der Waals surface area contributed by atoms with Crippen LogP contribution in [0.4, 0.5) is 13.2 Å². The van der Waals surface area contributed by atoms with Crippen LogP contribution < -0.4 is 0 Å². The molecule has 0 N–H and O–H groups in total. The lowest BCUT2D eigenvalue weighted by Gasteiger charge is -2.10. The minimum Gasteiger partial charge on any atom is -0.303 e. The maximum absolute atomic E-state index is 12.5. The molecular weight excluding hydrogens is 277 g/mol. The van der Waals surface area contributed by atoms with Gasteiger partial charge in [0.1, 0.15) is 6.29 Å². The first-order chi connectivity index (χ1) is 9.95. The molecule has 0 unspecified atom stereocenters. The van der Waals surface area contributed by atoms with Crippen molar-refractivity contribution in [2.75, 3.05) is 0 Å². The summed E-state index contributed by atoms with van der Waals surface area (Å²) in [6.45, 7) is 1.93. The van der Waals surface area contributed by atoms with Crippen LogP contribution in [-0.2, 0) is 11.0 Å². The predicted octanol–water partition coefficient (Wildman–Crippen LogP) is 5.06. The molecule has 110 valence electrons. The number of hydrogen-bond acceptors (Lipinski definition) is 1. The van der Waals surface area contributed by atoms with Crippen molar-refractivity contribution in [3.8, 4) is 11.1 Å². The first-order valence-electron chi connectivity index (χ1n) is 6.68. The summed E-state index contributed by atoms with van der Waals surface area (Å²) in [5.41, 5.74) is 1.81. The molecule has 0 amide bonds. The van der Waals surface area contributed by atoms with Gasteiger partial charge in [-0.25, -0.2) is 0 Å². The third kappa shape index (κ3) is 3.51. The third-order valence-corrected chi connectivity index (χ3v) is 3.49. The maximum atomic E-state index is 12.5. The Labute approximate surface area is 121 Å². The number of benzene rings is 2. The normalized spacial score (nSPS) is 13.0. The molecule has 21 heavy (non-hydrogen) atoms. The van der Waals surface area contributed by atoms with Crippen molar-refractivity contribution in [3.05, 3.63) is 59.7 Å². The van der Waals surface area contributed by atoms with Gasteiger partial charge in [0, 0.05) is 5.92 Å². The van der Waals surface area contributed by atoms with E-state index in [1.54, 1.807) is 0 Å². The van der Waals surface area contributed by atoms with Crippen LogP contribution in [0.5, 0.6) is 0 Å². The van der Waals surface area contributed by atoms with E-state index in [0.717, 1.165) is 36.0 Å². The molecule has 0 radical (unpaired) electrons. The highest BCUT2D eigenvalue weighted by molar-refractivity contribution is 5.67. The van der Waals surface area contributed by atoms with Crippen molar-refractivity contribution in [1.82, 2.24) is 0 Å². The van der Waals surface area contributed by atoms with Crippen molar-refractivity contribution in [2.45, 2.75) is 25.4 Å². The van der Waals surface area contributed by atoms with E-state index in [2.05, 4.69) is 0 Å². The zero-order valence-corrected chi connectivity index (χ0v) is 11.5. The fourth-order valence-corrected chi connectivity index (χ4v) is 2.18. The van der Waals surface area contributed by atoms with Crippen molar-refractivity contribution in [1.29, 1.82) is 0 Å². The molecule has 0 heterocycles. The van der Waals surface area contributed by atoms with Crippen LogP contribution in [0.15, 0.2) is 48.5 Å². The molecule has 0 aromatic heterocycles. The molecule has 0 bridgehead atoms. The number of halogens is 3. The summed E-state index contributed by atoms with van der Waals surface area (Å²) in [6.07, 6.45) is -2.68. The molecule has 0 aliphatic rings. The highest BCUT2D eigenvalue weighted by Gasteiger charge is 2.29. The van der Waals surface area contributed by atoms with Crippen molar-refractivity contribution in [2.24, 2.45) is 0 Å². The number of alkyl halides is 3. The Hall–Kier alpha value is -2.10. The van der Waals surface area contributed by atoms with Crippen LogP contribution in [0.1, 0.15) is 30.4 Å². The van der Waals surface area contributed by atoms with Gasteiger partial charge in [0.2, 0.25) is 0 Å². The van der Waals surface area contributed by atoms with Crippen LogP contribution in [0.3, 0.4) is 0 Å². The molecule has 4 heteroatoms. The molecule has 1 atom stereocenters. The van der Waals surface area contributed by atoms with E-state index in [0.29, 0.717) is 5.56 Å². The van der Waals surface area contributed by atoms with E-state index in [1.165, 1.54) is 12.1 Å². The van der Waals surface area contributed by atoms with Crippen molar-refractivity contribution >= 4 is 6.29 Å². The second-order valence-electron chi connectivity index (χ2n) is 4.85. The fraction of sp³-hybridized carbons (Fsp3) is 0.235. The predicted molar refractivity (Wildman–Crippen MR) is 76.0 cm³/mol. The second-order valence-corrected chi connectivity index (χ2v) is 4.85. The first-order valence-corrected chi connectivity index (χ1v) is 6.68. The van der Waals surface area contributed by atoms with Crippen LogP contribution in [0.2, 0.25) is 0 Å². The quantitative estimate of drug-likeness (QED) is 0.719. The maximum Gasteiger partial charge on any atom is 0.416 e. The zero-order valence-electron chi connectivity index (χ0n) is 11.5. The average molecular weight is 292 g/mol. The number of rotatable bonds is 4. The topological polar surface area (TPSA) is 17.1 Å². The van der Waals surface area contributed by atoms with Crippen LogP contribution in [0.25, 0.3) is 11.1 Å².